The number of pyridine rings is 1. The van der Waals surface area contributed by atoms with Crippen molar-refractivity contribution in [3.05, 3.63) is 66.1 Å². The molecular formula is C15H15N3. The van der Waals surface area contributed by atoms with Gasteiger partial charge in [0.25, 0.3) is 0 Å². The monoisotopic (exact) mass is 237 g/mol. The average molecular weight is 237 g/mol. The van der Waals surface area contributed by atoms with Gasteiger partial charge in [0.05, 0.1) is 12.2 Å². The summed E-state index contributed by atoms with van der Waals surface area (Å²) in [5, 5.41) is 1.23. The van der Waals surface area contributed by atoms with Crippen LogP contribution >= 0.6 is 0 Å². The summed E-state index contributed by atoms with van der Waals surface area (Å²) < 4.78 is 2.21. The largest absolute Gasteiger partial charge is 0.341 e. The molecule has 0 atom stereocenters. The lowest BCUT2D eigenvalue weighted by Gasteiger charge is -2.05. The van der Waals surface area contributed by atoms with E-state index in [0.29, 0.717) is 6.54 Å². The molecule has 3 nitrogen and oxygen atoms in total. The van der Waals surface area contributed by atoms with Crippen LogP contribution in [0.5, 0.6) is 0 Å². The molecule has 0 bridgehead atoms. The normalized spacial score (nSPS) is 10.9. The number of nitrogens with zero attached hydrogens (tertiary/aromatic N) is 2. The standard InChI is InChI=1S/C15H15N3/c16-10-12-4-5-15-13(9-12)6-8-18(15)11-14-3-1-2-7-17-14/h1-9H,10-11,16H2. The molecule has 0 radical (unpaired) electrons. The van der Waals surface area contributed by atoms with E-state index in [2.05, 4.69) is 40.0 Å². The molecule has 2 aromatic heterocycles. The maximum Gasteiger partial charge on any atom is 0.0648 e. The topological polar surface area (TPSA) is 43.8 Å². The summed E-state index contributed by atoms with van der Waals surface area (Å²) >= 11 is 0. The van der Waals surface area contributed by atoms with Gasteiger partial charge >= 0.3 is 0 Å². The first kappa shape index (κ1) is 11.0. The minimum absolute atomic E-state index is 0.585. The molecule has 0 saturated heterocycles. The van der Waals surface area contributed by atoms with Gasteiger partial charge in [-0.25, -0.2) is 0 Å². The van der Waals surface area contributed by atoms with Gasteiger partial charge in [-0.1, -0.05) is 12.1 Å². The summed E-state index contributed by atoms with van der Waals surface area (Å²) in [5.74, 6) is 0. The van der Waals surface area contributed by atoms with E-state index in [4.69, 9.17) is 5.73 Å². The van der Waals surface area contributed by atoms with Crippen LogP contribution in [0, 0.1) is 0 Å². The van der Waals surface area contributed by atoms with Gasteiger partial charge in [0.2, 0.25) is 0 Å². The van der Waals surface area contributed by atoms with Crippen molar-refractivity contribution >= 4 is 10.9 Å². The average Bonchev–Trinajstić information content (AvgIpc) is 2.82. The van der Waals surface area contributed by atoms with E-state index in [1.54, 1.807) is 0 Å². The highest BCUT2D eigenvalue weighted by molar-refractivity contribution is 5.80. The first-order valence-corrected chi connectivity index (χ1v) is 6.04. The van der Waals surface area contributed by atoms with E-state index in [9.17, 15) is 0 Å². The molecule has 3 heteroatoms. The van der Waals surface area contributed by atoms with E-state index < -0.39 is 0 Å². The summed E-state index contributed by atoms with van der Waals surface area (Å²) in [6.07, 6.45) is 3.92. The van der Waals surface area contributed by atoms with Crippen LogP contribution in [0.1, 0.15) is 11.3 Å². The van der Waals surface area contributed by atoms with Crippen molar-refractivity contribution in [1.82, 2.24) is 9.55 Å². The predicted molar refractivity (Wildman–Crippen MR) is 73.2 cm³/mol. The lowest BCUT2D eigenvalue weighted by Crippen LogP contribution is -2.00. The van der Waals surface area contributed by atoms with Crippen LogP contribution in [0.3, 0.4) is 0 Å². The third-order valence-corrected chi connectivity index (χ3v) is 3.13. The Kier molecular flexibility index (Phi) is 2.82. The number of nitrogens with two attached hydrogens (primary N) is 1. The fourth-order valence-corrected chi connectivity index (χ4v) is 2.18. The Balaban J connectivity index is 1.98. The number of benzene rings is 1. The van der Waals surface area contributed by atoms with Crippen LogP contribution in [0.15, 0.2) is 54.9 Å². The molecule has 2 N–H and O–H groups in total. The van der Waals surface area contributed by atoms with E-state index in [1.165, 1.54) is 10.9 Å². The second-order valence-electron chi connectivity index (χ2n) is 4.36. The molecule has 18 heavy (non-hydrogen) atoms. The third-order valence-electron chi connectivity index (χ3n) is 3.13. The Morgan fingerprint density at radius 1 is 1.11 bits per heavy atom. The van der Waals surface area contributed by atoms with Crippen molar-refractivity contribution in [2.24, 2.45) is 5.73 Å². The van der Waals surface area contributed by atoms with E-state index >= 15 is 0 Å². The van der Waals surface area contributed by atoms with Crippen molar-refractivity contribution in [2.45, 2.75) is 13.1 Å². The summed E-state index contributed by atoms with van der Waals surface area (Å²) in [6, 6.07) is 14.5. The Bertz CT molecular complexity index is 656. The molecule has 3 rings (SSSR count). The van der Waals surface area contributed by atoms with Crippen molar-refractivity contribution < 1.29 is 0 Å². The smallest absolute Gasteiger partial charge is 0.0648 e. The highest BCUT2D eigenvalue weighted by atomic mass is 15.0. The molecule has 0 saturated carbocycles. The fraction of sp³-hybridized carbons (Fsp3) is 0.133. The molecule has 90 valence electrons. The number of rotatable bonds is 3. The van der Waals surface area contributed by atoms with Crippen molar-refractivity contribution in [1.29, 1.82) is 0 Å². The SMILES string of the molecule is NCc1ccc2c(ccn2Cc2ccccn2)c1. The Morgan fingerprint density at radius 3 is 2.83 bits per heavy atom. The Morgan fingerprint density at radius 2 is 2.06 bits per heavy atom. The molecular weight excluding hydrogens is 222 g/mol. The zero-order chi connectivity index (χ0) is 12.4. The minimum atomic E-state index is 0.585. The maximum atomic E-state index is 5.65. The Labute approximate surface area is 106 Å². The first-order valence-electron chi connectivity index (χ1n) is 6.04. The van der Waals surface area contributed by atoms with Gasteiger partial charge in [-0.05, 0) is 41.3 Å². The first-order chi connectivity index (χ1) is 8.86. The van der Waals surface area contributed by atoms with Crippen LogP contribution in [0.4, 0.5) is 0 Å². The van der Waals surface area contributed by atoms with Crippen molar-refractivity contribution in [3.63, 3.8) is 0 Å². The molecule has 0 spiro atoms. The number of hydrogen-bond acceptors (Lipinski definition) is 2. The molecule has 0 aliphatic carbocycles. The van der Waals surface area contributed by atoms with Crippen molar-refractivity contribution in [3.8, 4) is 0 Å². The van der Waals surface area contributed by atoms with E-state index in [-0.39, 0.29) is 0 Å². The molecule has 1 aromatic carbocycles. The minimum Gasteiger partial charge on any atom is -0.341 e. The molecule has 2 heterocycles. The highest BCUT2D eigenvalue weighted by Crippen LogP contribution is 2.18. The fourth-order valence-electron chi connectivity index (χ4n) is 2.18. The van der Waals surface area contributed by atoms with Crippen molar-refractivity contribution in [2.75, 3.05) is 0 Å². The molecule has 3 aromatic rings. The van der Waals surface area contributed by atoms with E-state index in [1.807, 2.05) is 24.4 Å². The molecule has 0 amide bonds. The van der Waals surface area contributed by atoms with Gasteiger partial charge in [-0.15, -0.1) is 0 Å². The summed E-state index contributed by atoms with van der Waals surface area (Å²) in [5.41, 5.74) is 9.11. The van der Waals surface area contributed by atoms with Gasteiger partial charge < -0.3 is 10.3 Å². The zero-order valence-electron chi connectivity index (χ0n) is 10.1. The second-order valence-corrected chi connectivity index (χ2v) is 4.36. The van der Waals surface area contributed by atoms with E-state index in [0.717, 1.165) is 17.8 Å². The van der Waals surface area contributed by atoms with Gasteiger partial charge in [0.1, 0.15) is 0 Å². The van der Waals surface area contributed by atoms with Crippen LogP contribution in [-0.4, -0.2) is 9.55 Å². The number of aromatic nitrogens is 2. The quantitative estimate of drug-likeness (QED) is 0.760. The van der Waals surface area contributed by atoms with Gasteiger partial charge in [-0.3, -0.25) is 4.98 Å². The number of hydrogen-bond donors (Lipinski definition) is 1. The maximum absolute atomic E-state index is 5.65. The van der Waals surface area contributed by atoms with Gasteiger partial charge in [0.15, 0.2) is 0 Å². The molecule has 0 aliphatic heterocycles. The lowest BCUT2D eigenvalue weighted by atomic mass is 10.1. The molecule has 0 aliphatic rings. The van der Waals surface area contributed by atoms with Crippen LogP contribution < -0.4 is 5.73 Å². The van der Waals surface area contributed by atoms with Gasteiger partial charge in [0, 0.05) is 24.5 Å². The zero-order valence-corrected chi connectivity index (χ0v) is 10.1. The highest BCUT2D eigenvalue weighted by Gasteiger charge is 2.02. The Hall–Kier alpha value is -2.13. The predicted octanol–water partition coefficient (Wildman–Crippen LogP) is 2.54. The second kappa shape index (κ2) is 4.63. The van der Waals surface area contributed by atoms with Gasteiger partial charge in [-0.2, -0.15) is 0 Å². The summed E-state index contributed by atoms with van der Waals surface area (Å²) in [4.78, 5) is 4.35. The summed E-state index contributed by atoms with van der Waals surface area (Å²) in [6.45, 7) is 1.38. The molecule has 0 unspecified atom stereocenters. The summed E-state index contributed by atoms with van der Waals surface area (Å²) in [7, 11) is 0. The lowest BCUT2D eigenvalue weighted by molar-refractivity contribution is 0.807. The van der Waals surface area contributed by atoms with Crippen LogP contribution in [0.25, 0.3) is 10.9 Å². The van der Waals surface area contributed by atoms with Crippen LogP contribution in [-0.2, 0) is 13.1 Å². The third kappa shape index (κ3) is 2.00. The number of fused-ring (bicyclic) bond motifs is 1. The molecule has 0 fully saturated rings. The van der Waals surface area contributed by atoms with Crippen LogP contribution in [0.2, 0.25) is 0 Å².